The zero-order valence-electron chi connectivity index (χ0n) is 15.4. The van der Waals surface area contributed by atoms with Gasteiger partial charge in [-0.1, -0.05) is 45.2 Å². The van der Waals surface area contributed by atoms with Crippen molar-refractivity contribution in [2.24, 2.45) is 7.05 Å². The first-order valence-electron chi connectivity index (χ1n) is 7.92. The predicted molar refractivity (Wildman–Crippen MR) is 102 cm³/mol. The van der Waals surface area contributed by atoms with Crippen LogP contribution in [0.2, 0.25) is 45.3 Å². The molecule has 128 valence electrons. The minimum absolute atomic E-state index is 0.102. The Morgan fingerprint density at radius 2 is 1.83 bits per heavy atom. The number of aromatic nitrogens is 1. The molecule has 0 aromatic carbocycles. The van der Waals surface area contributed by atoms with Crippen LogP contribution in [0.4, 0.5) is 0 Å². The molecular weight excluding hydrogens is 322 g/mol. The molecule has 4 nitrogen and oxygen atoms in total. The minimum atomic E-state index is -1.45. The average Bonchev–Trinajstić information content (AvgIpc) is 2.38. The highest BCUT2D eigenvalue weighted by Crippen LogP contribution is 2.09. The van der Waals surface area contributed by atoms with Crippen LogP contribution in [0.5, 0.6) is 5.75 Å². The van der Waals surface area contributed by atoms with E-state index in [1.807, 2.05) is 0 Å². The highest BCUT2D eigenvalue weighted by molar-refractivity contribution is 6.83. The van der Waals surface area contributed by atoms with E-state index in [2.05, 4.69) is 50.7 Å². The van der Waals surface area contributed by atoms with Crippen LogP contribution >= 0.6 is 0 Å². The number of ether oxygens (including phenoxy) is 2. The lowest BCUT2D eigenvalue weighted by Gasteiger charge is -2.15. The molecule has 0 bridgehead atoms. The number of aryl methyl sites for hydroxylation is 1. The largest absolute Gasteiger partial charge is 0.462 e. The van der Waals surface area contributed by atoms with Crippen molar-refractivity contribution in [3.63, 3.8) is 0 Å². The van der Waals surface area contributed by atoms with Gasteiger partial charge >= 0.3 is 0 Å². The second kappa shape index (κ2) is 8.00. The Morgan fingerprint density at radius 3 is 2.39 bits per heavy atom. The molecule has 23 heavy (non-hydrogen) atoms. The lowest BCUT2D eigenvalue weighted by atomic mass is 10.3. The zero-order valence-corrected chi connectivity index (χ0v) is 17.4. The van der Waals surface area contributed by atoms with Crippen molar-refractivity contribution < 1.29 is 9.47 Å². The van der Waals surface area contributed by atoms with E-state index in [1.165, 1.54) is 4.57 Å². The van der Waals surface area contributed by atoms with Crippen LogP contribution in [-0.4, -0.2) is 34.1 Å². The number of hydrogen-bond donors (Lipinski definition) is 0. The molecule has 6 heteroatoms. The Bertz CT molecular complexity index is 643. The lowest BCUT2D eigenvalue weighted by molar-refractivity contribution is 0.0209. The minimum Gasteiger partial charge on any atom is -0.462 e. The Hall–Kier alpha value is -1.30. The van der Waals surface area contributed by atoms with Gasteiger partial charge in [-0.2, -0.15) is 0 Å². The molecule has 0 spiro atoms. The maximum Gasteiger partial charge on any atom is 0.292 e. The number of hydrogen-bond acceptors (Lipinski definition) is 3. The number of pyridine rings is 1. The van der Waals surface area contributed by atoms with Crippen molar-refractivity contribution in [1.82, 2.24) is 4.57 Å². The third-order valence-corrected chi connectivity index (χ3v) is 5.61. The van der Waals surface area contributed by atoms with Gasteiger partial charge in [0.2, 0.25) is 0 Å². The molecule has 0 aliphatic carbocycles. The molecule has 0 atom stereocenters. The average molecular weight is 352 g/mol. The molecule has 0 fully saturated rings. The summed E-state index contributed by atoms with van der Waals surface area (Å²) in [6.45, 7) is 14.2. The fourth-order valence-electron chi connectivity index (χ4n) is 1.66. The third-order valence-electron chi connectivity index (χ3n) is 3.03. The summed E-state index contributed by atoms with van der Waals surface area (Å²) in [6.07, 6.45) is 1.74. The smallest absolute Gasteiger partial charge is 0.292 e. The summed E-state index contributed by atoms with van der Waals surface area (Å²) >= 11 is 0. The standard InChI is InChI=1S/C17H29NO3Si2/c1-18-13-15(8-10-22(2,3)4)12-16(17(18)19)21-14-20-9-11-23(5,6)7/h12-13H,9,11,14H2,1-7H3. The van der Waals surface area contributed by atoms with Crippen molar-refractivity contribution in [3.05, 3.63) is 28.2 Å². The van der Waals surface area contributed by atoms with Crippen molar-refractivity contribution in [3.8, 4) is 17.2 Å². The van der Waals surface area contributed by atoms with Gasteiger partial charge in [-0.25, -0.2) is 0 Å². The van der Waals surface area contributed by atoms with Gasteiger partial charge in [0, 0.05) is 39.6 Å². The van der Waals surface area contributed by atoms with Crippen LogP contribution in [-0.2, 0) is 11.8 Å². The van der Waals surface area contributed by atoms with Gasteiger partial charge < -0.3 is 14.0 Å². The lowest BCUT2D eigenvalue weighted by Crippen LogP contribution is -2.23. The van der Waals surface area contributed by atoms with Gasteiger partial charge in [-0.15, -0.1) is 5.54 Å². The maximum absolute atomic E-state index is 12.1. The first kappa shape index (κ1) is 19.7. The van der Waals surface area contributed by atoms with Gasteiger partial charge in [0.05, 0.1) is 0 Å². The molecule has 0 radical (unpaired) electrons. The monoisotopic (exact) mass is 351 g/mol. The van der Waals surface area contributed by atoms with E-state index in [9.17, 15) is 4.79 Å². The Morgan fingerprint density at radius 1 is 1.17 bits per heavy atom. The second-order valence-electron chi connectivity index (χ2n) is 7.99. The molecule has 0 saturated heterocycles. The summed E-state index contributed by atoms with van der Waals surface area (Å²) in [5.74, 6) is 3.45. The molecule has 1 rings (SSSR count). The van der Waals surface area contributed by atoms with E-state index in [0.29, 0.717) is 12.4 Å². The second-order valence-corrected chi connectivity index (χ2v) is 18.4. The fraction of sp³-hybridized carbons (Fsp3) is 0.588. The summed E-state index contributed by atoms with van der Waals surface area (Å²) < 4.78 is 12.5. The molecule has 0 unspecified atom stereocenters. The topological polar surface area (TPSA) is 40.5 Å². The van der Waals surface area contributed by atoms with Crippen LogP contribution in [0, 0.1) is 11.5 Å². The van der Waals surface area contributed by atoms with Gasteiger partial charge in [0.15, 0.2) is 12.5 Å². The summed E-state index contributed by atoms with van der Waals surface area (Å²) in [5.41, 5.74) is 3.93. The first-order chi connectivity index (χ1) is 10.5. The Labute approximate surface area is 141 Å². The SMILES string of the molecule is Cn1cc(C#C[Si](C)(C)C)cc(OCOCC[Si](C)(C)C)c1=O. The summed E-state index contributed by atoms with van der Waals surface area (Å²) in [4.78, 5) is 12.1. The summed E-state index contributed by atoms with van der Waals surface area (Å²) in [6, 6.07) is 2.79. The molecule has 0 aliphatic heterocycles. The van der Waals surface area contributed by atoms with E-state index in [4.69, 9.17) is 9.47 Å². The van der Waals surface area contributed by atoms with Gasteiger partial charge in [0.25, 0.3) is 5.56 Å². The Kier molecular flexibility index (Phi) is 6.87. The molecule has 0 saturated carbocycles. The van der Waals surface area contributed by atoms with E-state index in [-0.39, 0.29) is 12.4 Å². The van der Waals surface area contributed by atoms with Crippen LogP contribution < -0.4 is 10.3 Å². The molecule has 0 aliphatic rings. The molecule has 0 N–H and O–H groups in total. The number of rotatable bonds is 6. The van der Waals surface area contributed by atoms with E-state index in [0.717, 1.165) is 11.6 Å². The van der Waals surface area contributed by atoms with Crippen molar-refractivity contribution >= 4 is 16.1 Å². The molecular formula is C17H29NO3Si2. The Balaban J connectivity index is 2.73. The van der Waals surface area contributed by atoms with Gasteiger partial charge in [0.1, 0.15) is 8.07 Å². The van der Waals surface area contributed by atoms with E-state index >= 15 is 0 Å². The molecule has 1 aromatic heterocycles. The summed E-state index contributed by atoms with van der Waals surface area (Å²) in [5, 5.41) is 0. The molecule has 1 aromatic rings. The van der Waals surface area contributed by atoms with Crippen molar-refractivity contribution in [2.75, 3.05) is 13.4 Å². The fourth-order valence-corrected chi connectivity index (χ4v) is 2.93. The van der Waals surface area contributed by atoms with E-state index < -0.39 is 16.1 Å². The molecule has 1 heterocycles. The third kappa shape index (κ3) is 8.21. The highest BCUT2D eigenvalue weighted by atomic mass is 28.3. The number of nitrogens with zero attached hydrogens (tertiary/aromatic N) is 1. The quantitative estimate of drug-likeness (QED) is 0.342. The highest BCUT2D eigenvalue weighted by Gasteiger charge is 2.12. The van der Waals surface area contributed by atoms with E-state index in [1.54, 1.807) is 19.3 Å². The van der Waals surface area contributed by atoms with Crippen LogP contribution in [0.1, 0.15) is 5.56 Å². The summed E-state index contributed by atoms with van der Waals surface area (Å²) in [7, 11) is -0.848. The molecule has 0 amide bonds. The first-order valence-corrected chi connectivity index (χ1v) is 15.1. The van der Waals surface area contributed by atoms with Crippen molar-refractivity contribution in [2.45, 2.75) is 45.3 Å². The maximum atomic E-state index is 12.1. The van der Waals surface area contributed by atoms with Crippen LogP contribution in [0.25, 0.3) is 0 Å². The van der Waals surface area contributed by atoms with Gasteiger partial charge in [-0.05, 0) is 6.04 Å². The van der Waals surface area contributed by atoms with Crippen LogP contribution in [0.3, 0.4) is 0 Å². The zero-order chi connectivity index (χ0) is 17.7. The predicted octanol–water partition coefficient (Wildman–Crippen LogP) is 3.31. The van der Waals surface area contributed by atoms with Crippen LogP contribution in [0.15, 0.2) is 17.1 Å². The van der Waals surface area contributed by atoms with Crippen molar-refractivity contribution in [1.29, 1.82) is 0 Å². The normalized spacial score (nSPS) is 11.8. The van der Waals surface area contributed by atoms with Gasteiger partial charge in [-0.3, -0.25) is 4.79 Å².